The van der Waals surface area contributed by atoms with Crippen LogP contribution in [0.3, 0.4) is 0 Å². The lowest BCUT2D eigenvalue weighted by molar-refractivity contribution is -0.122. The number of rotatable bonds is 7. The van der Waals surface area contributed by atoms with Crippen LogP contribution in [0.5, 0.6) is 0 Å². The highest BCUT2D eigenvalue weighted by Crippen LogP contribution is 2.20. The highest BCUT2D eigenvalue weighted by molar-refractivity contribution is 5.77. The first-order valence-electron chi connectivity index (χ1n) is 7.91. The van der Waals surface area contributed by atoms with Gasteiger partial charge in [-0.05, 0) is 12.8 Å². The minimum Gasteiger partial charge on any atom is -0.441 e. The van der Waals surface area contributed by atoms with Crippen LogP contribution in [0.25, 0.3) is 11.3 Å². The second-order valence-electron chi connectivity index (χ2n) is 5.47. The van der Waals surface area contributed by atoms with Crippen LogP contribution in [0, 0.1) is 12.3 Å². The number of nitrogens with one attached hydrogen (secondary N) is 1. The molecule has 1 N–H and O–H groups in total. The van der Waals surface area contributed by atoms with Crippen molar-refractivity contribution >= 4 is 5.91 Å². The minimum absolute atomic E-state index is 0.0777. The predicted octanol–water partition coefficient (Wildman–Crippen LogP) is 3.58. The number of oxazole rings is 1. The van der Waals surface area contributed by atoms with E-state index in [-0.39, 0.29) is 5.91 Å². The Morgan fingerprint density at radius 3 is 2.61 bits per heavy atom. The number of hydrogen-bond donors (Lipinski definition) is 1. The molecule has 0 spiro atoms. The lowest BCUT2D eigenvalue weighted by atomic mass is 9.93. The Balaban J connectivity index is 1.93. The maximum absolute atomic E-state index is 12.1. The van der Waals surface area contributed by atoms with Gasteiger partial charge in [0.25, 0.3) is 0 Å². The van der Waals surface area contributed by atoms with Crippen molar-refractivity contribution in [2.24, 2.45) is 0 Å². The summed E-state index contributed by atoms with van der Waals surface area (Å²) in [6.45, 7) is 3.95. The Morgan fingerprint density at radius 2 is 2.00 bits per heavy atom. The summed E-state index contributed by atoms with van der Waals surface area (Å²) in [5, 5.41) is 2.94. The zero-order chi connectivity index (χ0) is 16.7. The van der Waals surface area contributed by atoms with E-state index >= 15 is 0 Å². The summed E-state index contributed by atoms with van der Waals surface area (Å²) in [6, 6.07) is 9.76. The van der Waals surface area contributed by atoms with Crippen molar-refractivity contribution < 1.29 is 9.21 Å². The first-order chi connectivity index (χ1) is 11.1. The molecule has 0 fully saturated rings. The first kappa shape index (κ1) is 16.8. The molecule has 1 aromatic carbocycles. The molecule has 0 radical (unpaired) electrons. The minimum atomic E-state index is -0.553. The average molecular weight is 310 g/mol. The fraction of sp³-hybridized carbons (Fsp3) is 0.368. The van der Waals surface area contributed by atoms with E-state index in [0.29, 0.717) is 37.3 Å². The van der Waals surface area contributed by atoms with E-state index in [9.17, 15) is 4.79 Å². The third-order valence-electron chi connectivity index (χ3n) is 4.04. The number of benzene rings is 1. The zero-order valence-corrected chi connectivity index (χ0v) is 13.6. The molecule has 120 valence electrons. The summed E-state index contributed by atoms with van der Waals surface area (Å²) in [7, 11) is 0. The summed E-state index contributed by atoms with van der Waals surface area (Å²) in [6.07, 6.45) is 9.42. The van der Waals surface area contributed by atoms with Crippen LogP contribution < -0.4 is 5.32 Å². The molecule has 0 aliphatic carbocycles. The lowest BCUT2D eigenvalue weighted by Gasteiger charge is -2.26. The molecule has 23 heavy (non-hydrogen) atoms. The van der Waals surface area contributed by atoms with Gasteiger partial charge in [-0.2, -0.15) is 0 Å². The van der Waals surface area contributed by atoms with Gasteiger partial charge in [-0.15, -0.1) is 6.42 Å². The van der Waals surface area contributed by atoms with Crippen molar-refractivity contribution in [1.29, 1.82) is 0 Å². The summed E-state index contributed by atoms with van der Waals surface area (Å²) in [5.41, 5.74) is 0.419. The Labute approximate surface area is 137 Å². The highest BCUT2D eigenvalue weighted by Gasteiger charge is 2.25. The monoisotopic (exact) mass is 310 g/mol. The SMILES string of the molecule is C#CC(CC)(CC)NC(=O)CCc1ncc(-c2ccccc2)o1. The molecular formula is C19H22N2O2. The van der Waals surface area contributed by atoms with Gasteiger partial charge in [-0.1, -0.05) is 50.1 Å². The van der Waals surface area contributed by atoms with Crippen molar-refractivity contribution in [3.8, 4) is 23.7 Å². The van der Waals surface area contributed by atoms with Crippen LogP contribution >= 0.6 is 0 Å². The molecule has 1 amide bonds. The lowest BCUT2D eigenvalue weighted by Crippen LogP contribution is -2.46. The molecule has 0 saturated heterocycles. The van der Waals surface area contributed by atoms with Gasteiger partial charge in [0, 0.05) is 18.4 Å². The number of nitrogens with zero attached hydrogens (tertiary/aromatic N) is 1. The number of carbonyl (C=O) groups is 1. The maximum atomic E-state index is 12.1. The van der Waals surface area contributed by atoms with Crippen molar-refractivity contribution in [3.63, 3.8) is 0 Å². The number of aromatic nitrogens is 1. The molecule has 1 aromatic heterocycles. The fourth-order valence-electron chi connectivity index (χ4n) is 2.38. The van der Waals surface area contributed by atoms with Gasteiger partial charge in [0.2, 0.25) is 5.91 Å². The Kier molecular flexibility index (Phi) is 5.59. The van der Waals surface area contributed by atoms with E-state index in [0.717, 1.165) is 5.56 Å². The van der Waals surface area contributed by atoms with Gasteiger partial charge in [-0.25, -0.2) is 4.98 Å². The zero-order valence-electron chi connectivity index (χ0n) is 13.6. The molecule has 4 heteroatoms. The van der Waals surface area contributed by atoms with Crippen molar-refractivity contribution in [1.82, 2.24) is 10.3 Å². The Morgan fingerprint density at radius 1 is 1.30 bits per heavy atom. The summed E-state index contributed by atoms with van der Waals surface area (Å²) in [5.74, 6) is 3.88. The van der Waals surface area contributed by atoms with Gasteiger partial charge in [-0.3, -0.25) is 4.79 Å². The standard InChI is InChI=1S/C19H22N2O2/c1-4-19(5-2,6-3)21-17(22)12-13-18-20-14-16(23-18)15-10-8-7-9-11-15/h1,7-11,14H,5-6,12-13H2,2-3H3,(H,21,22). The summed E-state index contributed by atoms with van der Waals surface area (Å²) in [4.78, 5) is 16.3. The van der Waals surface area contributed by atoms with Crippen LogP contribution in [0.2, 0.25) is 0 Å². The number of terminal acetylenes is 1. The van der Waals surface area contributed by atoms with Gasteiger partial charge in [0.05, 0.1) is 6.20 Å². The smallest absolute Gasteiger partial charge is 0.221 e. The second kappa shape index (κ2) is 7.64. The molecular weight excluding hydrogens is 288 g/mol. The molecule has 0 bridgehead atoms. The quantitative estimate of drug-likeness (QED) is 0.795. The maximum Gasteiger partial charge on any atom is 0.221 e. The molecule has 4 nitrogen and oxygen atoms in total. The van der Waals surface area contributed by atoms with E-state index in [1.54, 1.807) is 6.20 Å². The predicted molar refractivity (Wildman–Crippen MR) is 90.5 cm³/mol. The average Bonchev–Trinajstić information content (AvgIpc) is 3.08. The van der Waals surface area contributed by atoms with Gasteiger partial charge >= 0.3 is 0 Å². The van der Waals surface area contributed by atoms with Gasteiger partial charge < -0.3 is 9.73 Å². The van der Waals surface area contributed by atoms with E-state index in [1.165, 1.54) is 0 Å². The highest BCUT2D eigenvalue weighted by atomic mass is 16.4. The molecule has 0 aliphatic rings. The number of carbonyl (C=O) groups excluding carboxylic acids is 1. The summed E-state index contributed by atoms with van der Waals surface area (Å²) >= 11 is 0. The number of hydrogen-bond acceptors (Lipinski definition) is 3. The molecule has 1 heterocycles. The first-order valence-corrected chi connectivity index (χ1v) is 7.91. The van der Waals surface area contributed by atoms with Crippen LogP contribution in [-0.4, -0.2) is 16.4 Å². The van der Waals surface area contributed by atoms with E-state index in [1.807, 2.05) is 44.2 Å². The number of aryl methyl sites for hydroxylation is 1. The normalized spacial score (nSPS) is 11.0. The van der Waals surface area contributed by atoms with Crippen LogP contribution in [-0.2, 0) is 11.2 Å². The van der Waals surface area contributed by atoms with Crippen LogP contribution in [0.4, 0.5) is 0 Å². The third kappa shape index (κ3) is 4.23. The van der Waals surface area contributed by atoms with Crippen LogP contribution in [0.1, 0.15) is 39.0 Å². The third-order valence-corrected chi connectivity index (χ3v) is 4.04. The summed E-state index contributed by atoms with van der Waals surface area (Å²) < 4.78 is 5.70. The fourth-order valence-corrected chi connectivity index (χ4v) is 2.38. The topological polar surface area (TPSA) is 55.1 Å². The van der Waals surface area contributed by atoms with E-state index in [4.69, 9.17) is 10.8 Å². The van der Waals surface area contributed by atoms with E-state index < -0.39 is 5.54 Å². The molecule has 0 unspecified atom stereocenters. The molecule has 0 saturated carbocycles. The molecule has 2 aromatic rings. The van der Waals surface area contributed by atoms with Crippen molar-refractivity contribution in [2.75, 3.05) is 0 Å². The van der Waals surface area contributed by atoms with Gasteiger partial charge in [0.15, 0.2) is 11.7 Å². The van der Waals surface area contributed by atoms with Gasteiger partial charge in [0.1, 0.15) is 5.54 Å². The van der Waals surface area contributed by atoms with Crippen molar-refractivity contribution in [2.45, 2.75) is 45.1 Å². The molecule has 2 rings (SSSR count). The molecule has 0 atom stereocenters. The molecule has 0 aliphatic heterocycles. The van der Waals surface area contributed by atoms with Crippen molar-refractivity contribution in [3.05, 3.63) is 42.4 Å². The largest absolute Gasteiger partial charge is 0.441 e. The number of amides is 1. The Bertz CT molecular complexity index is 679. The van der Waals surface area contributed by atoms with Crippen LogP contribution in [0.15, 0.2) is 40.9 Å². The Hall–Kier alpha value is -2.54. The second-order valence-corrected chi connectivity index (χ2v) is 5.47. The van der Waals surface area contributed by atoms with E-state index in [2.05, 4.69) is 16.2 Å².